The molecule has 0 saturated heterocycles. The summed E-state index contributed by atoms with van der Waals surface area (Å²) in [5.41, 5.74) is 5.80. The second kappa shape index (κ2) is 9.09. The van der Waals surface area contributed by atoms with Crippen LogP contribution in [0.2, 0.25) is 0 Å². The number of alkyl halides is 3. The van der Waals surface area contributed by atoms with E-state index in [0.29, 0.717) is 12.8 Å². The number of carbonyl (C=O) groups is 2. The van der Waals surface area contributed by atoms with E-state index in [4.69, 9.17) is 9.90 Å². The topological polar surface area (TPSA) is 107 Å². The van der Waals surface area contributed by atoms with Gasteiger partial charge < -0.3 is 15.1 Å². The van der Waals surface area contributed by atoms with Crippen molar-refractivity contribution in [3.8, 4) is 11.3 Å². The third-order valence-electron chi connectivity index (χ3n) is 5.63. The molecule has 4 rings (SSSR count). The van der Waals surface area contributed by atoms with Crippen LogP contribution in [0.15, 0.2) is 24.3 Å². The molecule has 2 aromatic rings. The van der Waals surface area contributed by atoms with Gasteiger partial charge >= 0.3 is 12.1 Å². The standard InChI is InChI=1S/C19H23N3O2.C2HF3O2/c1-12-4-2-3-5-15(12)18-16-6-8-22(9-7-17(16)20-21-18)19(24)13-10-14(23)11-13;3-2(4,5)1(6)7/h2-5,13-14,23H,6-11H2,1H3,(H,20,21);(H,6,7). The third-order valence-corrected chi connectivity index (χ3v) is 5.63. The number of halogens is 3. The number of aliphatic hydroxyl groups is 1. The van der Waals surface area contributed by atoms with Gasteiger partial charge in [0.15, 0.2) is 0 Å². The Morgan fingerprint density at radius 3 is 2.35 bits per heavy atom. The zero-order chi connectivity index (χ0) is 22.8. The highest BCUT2D eigenvalue weighted by Gasteiger charge is 2.38. The number of H-pyrrole nitrogens is 1. The van der Waals surface area contributed by atoms with Crippen molar-refractivity contribution >= 4 is 11.9 Å². The Bertz CT molecular complexity index is 952. The number of aromatic nitrogens is 2. The predicted molar refractivity (Wildman–Crippen MR) is 105 cm³/mol. The molecule has 1 saturated carbocycles. The molecule has 0 atom stereocenters. The normalized spacial score (nSPS) is 20.6. The van der Waals surface area contributed by atoms with E-state index in [2.05, 4.69) is 29.3 Å². The van der Waals surface area contributed by atoms with E-state index < -0.39 is 12.1 Å². The Kier molecular flexibility index (Phi) is 6.68. The zero-order valence-electron chi connectivity index (χ0n) is 16.9. The molecule has 1 aromatic heterocycles. The number of nitrogens with zero attached hydrogens (tertiary/aromatic N) is 2. The average molecular weight is 439 g/mol. The maximum atomic E-state index is 12.5. The fraction of sp³-hybridized carbons (Fsp3) is 0.476. The number of benzene rings is 1. The molecule has 3 N–H and O–H groups in total. The van der Waals surface area contributed by atoms with Crippen molar-refractivity contribution in [2.75, 3.05) is 13.1 Å². The number of aliphatic hydroxyl groups excluding tert-OH is 1. The first-order valence-electron chi connectivity index (χ1n) is 9.97. The monoisotopic (exact) mass is 439 g/mol. The summed E-state index contributed by atoms with van der Waals surface area (Å²) < 4.78 is 31.7. The molecule has 2 aliphatic rings. The Morgan fingerprint density at radius 1 is 1.16 bits per heavy atom. The zero-order valence-corrected chi connectivity index (χ0v) is 16.9. The van der Waals surface area contributed by atoms with Crippen molar-refractivity contribution < 1.29 is 33.0 Å². The minimum absolute atomic E-state index is 0.0189. The highest BCUT2D eigenvalue weighted by molar-refractivity contribution is 5.80. The molecule has 0 unspecified atom stereocenters. The molecule has 0 spiro atoms. The fourth-order valence-corrected chi connectivity index (χ4v) is 3.81. The molecule has 31 heavy (non-hydrogen) atoms. The number of aryl methyl sites for hydroxylation is 1. The Labute approximate surface area is 176 Å². The first-order chi connectivity index (χ1) is 14.6. The summed E-state index contributed by atoms with van der Waals surface area (Å²) in [6, 6.07) is 8.29. The Balaban J connectivity index is 0.000000339. The van der Waals surface area contributed by atoms with Gasteiger partial charge in [0.1, 0.15) is 0 Å². The maximum absolute atomic E-state index is 12.5. The van der Waals surface area contributed by atoms with Gasteiger partial charge in [-0.2, -0.15) is 18.3 Å². The van der Waals surface area contributed by atoms with Gasteiger partial charge in [-0.1, -0.05) is 24.3 Å². The van der Waals surface area contributed by atoms with Crippen molar-refractivity contribution in [1.29, 1.82) is 0 Å². The molecule has 10 heteroatoms. The van der Waals surface area contributed by atoms with Gasteiger partial charge in [0.05, 0.1) is 11.8 Å². The largest absolute Gasteiger partial charge is 0.490 e. The summed E-state index contributed by atoms with van der Waals surface area (Å²) >= 11 is 0. The number of carboxylic acids is 1. The van der Waals surface area contributed by atoms with Crippen LogP contribution >= 0.6 is 0 Å². The molecule has 1 amide bonds. The van der Waals surface area contributed by atoms with Crippen LogP contribution in [0.5, 0.6) is 0 Å². The van der Waals surface area contributed by atoms with E-state index in [0.717, 1.165) is 42.9 Å². The van der Waals surface area contributed by atoms with Crippen molar-refractivity contribution in [2.24, 2.45) is 5.92 Å². The van der Waals surface area contributed by atoms with Crippen LogP contribution in [0.1, 0.15) is 29.7 Å². The summed E-state index contributed by atoms with van der Waals surface area (Å²) in [6.07, 6.45) is -2.48. The van der Waals surface area contributed by atoms with Gasteiger partial charge in [-0.25, -0.2) is 4.79 Å². The van der Waals surface area contributed by atoms with Gasteiger partial charge in [-0.15, -0.1) is 0 Å². The van der Waals surface area contributed by atoms with Crippen LogP contribution in [0.3, 0.4) is 0 Å². The van der Waals surface area contributed by atoms with Crippen LogP contribution in [0, 0.1) is 12.8 Å². The van der Waals surface area contributed by atoms with Gasteiger partial charge in [0, 0.05) is 42.2 Å². The van der Waals surface area contributed by atoms with Crippen molar-refractivity contribution in [3.05, 3.63) is 41.1 Å². The fourth-order valence-electron chi connectivity index (χ4n) is 3.81. The van der Waals surface area contributed by atoms with E-state index >= 15 is 0 Å². The lowest BCUT2D eigenvalue weighted by molar-refractivity contribution is -0.192. The highest BCUT2D eigenvalue weighted by Crippen LogP contribution is 2.32. The smallest absolute Gasteiger partial charge is 0.475 e. The number of nitrogens with one attached hydrogen (secondary N) is 1. The van der Waals surface area contributed by atoms with Crippen LogP contribution in [0.25, 0.3) is 11.3 Å². The second-order valence-corrected chi connectivity index (χ2v) is 7.79. The maximum Gasteiger partial charge on any atom is 0.490 e. The Hall–Kier alpha value is -2.88. The first-order valence-corrected chi connectivity index (χ1v) is 9.97. The summed E-state index contributed by atoms with van der Waals surface area (Å²) in [7, 11) is 0. The molecule has 0 bridgehead atoms. The van der Waals surface area contributed by atoms with Crippen LogP contribution in [-0.4, -0.2) is 62.6 Å². The SMILES string of the molecule is Cc1ccccc1-c1n[nH]c2c1CCN(C(=O)C1CC(O)C1)CC2.O=C(O)C(F)(F)F. The number of carbonyl (C=O) groups excluding carboxylic acids is 1. The van der Waals surface area contributed by atoms with Gasteiger partial charge in [-0.3, -0.25) is 9.89 Å². The number of amides is 1. The minimum atomic E-state index is -5.08. The van der Waals surface area contributed by atoms with Crippen LogP contribution in [0.4, 0.5) is 13.2 Å². The number of hydrogen-bond acceptors (Lipinski definition) is 4. The number of aromatic amines is 1. The number of hydrogen-bond donors (Lipinski definition) is 3. The van der Waals surface area contributed by atoms with E-state index in [1.54, 1.807) is 0 Å². The van der Waals surface area contributed by atoms with Crippen molar-refractivity contribution in [3.63, 3.8) is 0 Å². The summed E-state index contributed by atoms with van der Waals surface area (Å²) in [5, 5.41) is 24.3. The van der Waals surface area contributed by atoms with Crippen molar-refractivity contribution in [2.45, 2.75) is 44.9 Å². The molecule has 1 aliphatic heterocycles. The summed E-state index contributed by atoms with van der Waals surface area (Å²) in [6.45, 7) is 3.56. The first kappa shape index (κ1) is 22.8. The van der Waals surface area contributed by atoms with E-state index in [1.807, 2.05) is 17.0 Å². The lowest BCUT2D eigenvalue weighted by Crippen LogP contribution is -2.44. The van der Waals surface area contributed by atoms with Crippen LogP contribution in [-0.2, 0) is 22.4 Å². The number of fused-ring (bicyclic) bond motifs is 1. The average Bonchev–Trinajstić information content (AvgIpc) is 2.96. The van der Waals surface area contributed by atoms with E-state index in [9.17, 15) is 23.1 Å². The lowest BCUT2D eigenvalue weighted by Gasteiger charge is -2.34. The lowest BCUT2D eigenvalue weighted by atomic mass is 9.81. The highest BCUT2D eigenvalue weighted by atomic mass is 19.4. The minimum Gasteiger partial charge on any atom is -0.475 e. The third kappa shape index (κ3) is 5.25. The van der Waals surface area contributed by atoms with Gasteiger partial charge in [0.25, 0.3) is 0 Å². The molecule has 1 aliphatic carbocycles. The quantitative estimate of drug-likeness (QED) is 0.667. The van der Waals surface area contributed by atoms with Crippen LogP contribution < -0.4 is 0 Å². The van der Waals surface area contributed by atoms with Gasteiger partial charge in [-0.05, 0) is 31.7 Å². The molecule has 1 fully saturated rings. The molecular formula is C21H24F3N3O4. The number of aliphatic carboxylic acids is 1. The Morgan fingerprint density at radius 2 is 1.77 bits per heavy atom. The molecular weight excluding hydrogens is 415 g/mol. The molecule has 0 radical (unpaired) electrons. The number of rotatable bonds is 2. The van der Waals surface area contributed by atoms with E-state index in [-0.39, 0.29) is 17.9 Å². The molecule has 1 aromatic carbocycles. The predicted octanol–water partition coefficient (Wildman–Crippen LogP) is 2.72. The summed E-state index contributed by atoms with van der Waals surface area (Å²) in [4.78, 5) is 23.4. The van der Waals surface area contributed by atoms with E-state index in [1.165, 1.54) is 11.1 Å². The second-order valence-electron chi connectivity index (χ2n) is 7.79. The molecule has 2 heterocycles. The number of carboxylic acid groups (broad SMARTS) is 1. The van der Waals surface area contributed by atoms with Crippen molar-refractivity contribution in [1.82, 2.24) is 15.1 Å². The molecule has 7 nitrogen and oxygen atoms in total. The molecule has 168 valence electrons. The van der Waals surface area contributed by atoms with Gasteiger partial charge in [0.2, 0.25) is 5.91 Å². The summed E-state index contributed by atoms with van der Waals surface area (Å²) in [5.74, 6) is -2.53.